The van der Waals surface area contributed by atoms with Crippen molar-refractivity contribution in [1.29, 1.82) is 0 Å². The summed E-state index contributed by atoms with van der Waals surface area (Å²) in [7, 11) is 1.69. The number of carbonyl (C=O) groups is 1. The molecule has 1 amide bonds. The predicted octanol–water partition coefficient (Wildman–Crippen LogP) is 4.14. The third kappa shape index (κ3) is 5.97. The first-order valence-corrected chi connectivity index (χ1v) is 10.4. The van der Waals surface area contributed by atoms with E-state index in [1.165, 1.54) is 11.3 Å². The number of anilines is 2. The fraction of sp³-hybridized carbons (Fsp3) is 0.458. The van der Waals surface area contributed by atoms with Crippen molar-refractivity contribution in [2.45, 2.75) is 32.6 Å². The van der Waals surface area contributed by atoms with Gasteiger partial charge in [0.1, 0.15) is 5.75 Å². The number of amides is 1. The second-order valence-corrected chi connectivity index (χ2v) is 8.65. The van der Waals surface area contributed by atoms with Crippen molar-refractivity contribution < 1.29 is 9.53 Å². The molecule has 0 bridgehead atoms. The Kier molecular flexibility index (Phi) is 6.80. The molecule has 0 spiro atoms. The van der Waals surface area contributed by atoms with Gasteiger partial charge in [-0.15, -0.1) is 0 Å². The van der Waals surface area contributed by atoms with E-state index in [2.05, 4.69) is 60.2 Å². The average molecular weight is 396 g/mol. The van der Waals surface area contributed by atoms with E-state index in [0.29, 0.717) is 6.42 Å². The van der Waals surface area contributed by atoms with Crippen LogP contribution in [0.3, 0.4) is 0 Å². The normalized spacial score (nSPS) is 15.2. The first-order chi connectivity index (χ1) is 13.8. The summed E-state index contributed by atoms with van der Waals surface area (Å²) >= 11 is 0. The molecule has 1 heterocycles. The Labute approximate surface area is 174 Å². The second-order valence-electron chi connectivity index (χ2n) is 8.65. The van der Waals surface area contributed by atoms with E-state index >= 15 is 0 Å². The molecule has 1 aliphatic heterocycles. The molecule has 1 saturated heterocycles. The monoisotopic (exact) mass is 395 g/mol. The smallest absolute Gasteiger partial charge is 0.225 e. The van der Waals surface area contributed by atoms with Gasteiger partial charge in [0.2, 0.25) is 5.91 Å². The minimum absolute atomic E-state index is 0.0751. The quantitative estimate of drug-likeness (QED) is 0.798. The highest BCUT2D eigenvalue weighted by molar-refractivity contribution is 5.90. The molecule has 0 radical (unpaired) electrons. The van der Waals surface area contributed by atoms with Crippen LogP contribution in [0.15, 0.2) is 48.5 Å². The Morgan fingerprint density at radius 3 is 2.14 bits per heavy atom. The van der Waals surface area contributed by atoms with E-state index in [9.17, 15) is 4.79 Å². The molecule has 2 aromatic carbocycles. The van der Waals surface area contributed by atoms with E-state index in [0.717, 1.165) is 44.2 Å². The zero-order chi connectivity index (χ0) is 20.9. The van der Waals surface area contributed by atoms with E-state index in [1.807, 2.05) is 24.3 Å². The van der Waals surface area contributed by atoms with Crippen molar-refractivity contribution >= 4 is 17.3 Å². The van der Waals surface area contributed by atoms with Crippen molar-refractivity contribution in [2.75, 3.05) is 50.1 Å². The van der Waals surface area contributed by atoms with E-state index in [4.69, 9.17) is 4.74 Å². The van der Waals surface area contributed by atoms with Crippen LogP contribution in [0.1, 0.15) is 32.8 Å². The molecule has 1 N–H and O–H groups in total. The lowest BCUT2D eigenvalue weighted by atomic mass is 9.87. The van der Waals surface area contributed by atoms with Crippen LogP contribution in [-0.4, -0.2) is 50.6 Å². The Balaban J connectivity index is 1.41. The third-order valence-corrected chi connectivity index (χ3v) is 5.50. The summed E-state index contributed by atoms with van der Waals surface area (Å²) in [5, 5.41) is 3.02. The predicted molar refractivity (Wildman–Crippen MR) is 120 cm³/mol. The van der Waals surface area contributed by atoms with Crippen LogP contribution in [0.5, 0.6) is 5.75 Å². The van der Waals surface area contributed by atoms with Crippen LogP contribution < -0.4 is 15.0 Å². The lowest BCUT2D eigenvalue weighted by Gasteiger charge is -2.36. The minimum Gasteiger partial charge on any atom is -0.497 e. The molecular formula is C24H33N3O2. The second kappa shape index (κ2) is 9.31. The topological polar surface area (TPSA) is 44.8 Å². The highest BCUT2D eigenvalue weighted by Crippen LogP contribution is 2.24. The number of ether oxygens (including phenoxy) is 1. The van der Waals surface area contributed by atoms with Gasteiger partial charge < -0.3 is 15.0 Å². The molecule has 5 nitrogen and oxygen atoms in total. The average Bonchev–Trinajstić information content (AvgIpc) is 2.72. The summed E-state index contributed by atoms with van der Waals surface area (Å²) < 4.78 is 5.23. The summed E-state index contributed by atoms with van der Waals surface area (Å²) in [5.74, 6) is 0.956. The van der Waals surface area contributed by atoms with Crippen LogP contribution >= 0.6 is 0 Å². The summed E-state index contributed by atoms with van der Waals surface area (Å²) in [4.78, 5) is 17.1. The molecule has 0 saturated carbocycles. The molecule has 0 atom stereocenters. The Bertz CT molecular complexity index is 786. The van der Waals surface area contributed by atoms with Crippen LogP contribution in [-0.2, 0) is 10.2 Å². The van der Waals surface area contributed by atoms with Crippen LogP contribution in [0, 0.1) is 0 Å². The summed E-state index contributed by atoms with van der Waals surface area (Å²) in [6.45, 7) is 11.3. The van der Waals surface area contributed by atoms with Gasteiger partial charge in [0, 0.05) is 50.5 Å². The van der Waals surface area contributed by atoms with Gasteiger partial charge in [0.15, 0.2) is 0 Å². The van der Waals surface area contributed by atoms with E-state index in [-0.39, 0.29) is 11.3 Å². The summed E-state index contributed by atoms with van der Waals surface area (Å²) in [6.07, 6.45) is 0.517. The fourth-order valence-electron chi connectivity index (χ4n) is 3.56. The molecular weight excluding hydrogens is 362 g/mol. The third-order valence-electron chi connectivity index (χ3n) is 5.50. The number of hydrogen-bond acceptors (Lipinski definition) is 4. The van der Waals surface area contributed by atoms with Gasteiger partial charge in [-0.05, 0) is 47.4 Å². The highest BCUT2D eigenvalue weighted by Gasteiger charge is 2.18. The molecule has 1 aliphatic rings. The first-order valence-electron chi connectivity index (χ1n) is 10.4. The maximum absolute atomic E-state index is 12.3. The number of benzene rings is 2. The first kappa shape index (κ1) is 21.2. The lowest BCUT2D eigenvalue weighted by molar-refractivity contribution is -0.116. The zero-order valence-electron chi connectivity index (χ0n) is 18.1. The number of hydrogen-bond donors (Lipinski definition) is 1. The molecule has 0 unspecified atom stereocenters. The van der Waals surface area contributed by atoms with E-state index in [1.54, 1.807) is 7.11 Å². The van der Waals surface area contributed by atoms with Crippen molar-refractivity contribution in [3.63, 3.8) is 0 Å². The van der Waals surface area contributed by atoms with Crippen molar-refractivity contribution in [3.8, 4) is 5.75 Å². The van der Waals surface area contributed by atoms with Gasteiger partial charge in [-0.3, -0.25) is 9.69 Å². The zero-order valence-corrected chi connectivity index (χ0v) is 18.1. The van der Waals surface area contributed by atoms with Gasteiger partial charge in [-0.25, -0.2) is 0 Å². The van der Waals surface area contributed by atoms with Crippen LogP contribution in [0.25, 0.3) is 0 Å². The Morgan fingerprint density at radius 2 is 1.59 bits per heavy atom. The molecule has 156 valence electrons. The number of nitrogens with one attached hydrogen (secondary N) is 1. The highest BCUT2D eigenvalue weighted by atomic mass is 16.5. The number of piperazine rings is 1. The van der Waals surface area contributed by atoms with Crippen molar-refractivity contribution in [3.05, 3.63) is 54.1 Å². The largest absolute Gasteiger partial charge is 0.497 e. The summed E-state index contributed by atoms with van der Waals surface area (Å²) in [5.41, 5.74) is 3.48. The molecule has 0 aromatic heterocycles. The van der Waals surface area contributed by atoms with Gasteiger partial charge in [0.05, 0.1) is 7.11 Å². The van der Waals surface area contributed by atoms with Crippen molar-refractivity contribution in [1.82, 2.24) is 4.90 Å². The maximum atomic E-state index is 12.3. The van der Waals surface area contributed by atoms with Gasteiger partial charge in [0.25, 0.3) is 0 Å². The number of rotatable bonds is 6. The summed E-state index contributed by atoms with van der Waals surface area (Å²) in [6, 6.07) is 16.4. The standard InChI is InChI=1S/C24H33N3O2/c1-24(2,3)19-5-7-20(8-6-19)25-23(28)13-14-26-15-17-27(18-16-26)21-9-11-22(29-4)12-10-21/h5-12H,13-18H2,1-4H3,(H,25,28). The van der Waals surface area contributed by atoms with Gasteiger partial charge in [-0.2, -0.15) is 0 Å². The Morgan fingerprint density at radius 1 is 0.966 bits per heavy atom. The van der Waals surface area contributed by atoms with E-state index < -0.39 is 0 Å². The van der Waals surface area contributed by atoms with Crippen LogP contribution in [0.4, 0.5) is 11.4 Å². The molecule has 1 fully saturated rings. The molecule has 3 rings (SSSR count). The molecule has 2 aromatic rings. The molecule has 0 aliphatic carbocycles. The Hall–Kier alpha value is -2.53. The van der Waals surface area contributed by atoms with Gasteiger partial charge >= 0.3 is 0 Å². The number of nitrogens with zero attached hydrogens (tertiary/aromatic N) is 2. The van der Waals surface area contributed by atoms with Gasteiger partial charge in [-0.1, -0.05) is 32.9 Å². The molecule has 5 heteroatoms. The molecule has 29 heavy (non-hydrogen) atoms. The van der Waals surface area contributed by atoms with Crippen molar-refractivity contribution in [2.24, 2.45) is 0 Å². The minimum atomic E-state index is 0.0751. The number of carbonyl (C=O) groups excluding carboxylic acids is 1. The SMILES string of the molecule is COc1ccc(N2CCN(CCC(=O)Nc3ccc(C(C)(C)C)cc3)CC2)cc1. The fourth-order valence-corrected chi connectivity index (χ4v) is 3.56. The van der Waals surface area contributed by atoms with Crippen LogP contribution in [0.2, 0.25) is 0 Å². The lowest BCUT2D eigenvalue weighted by Crippen LogP contribution is -2.47. The number of methoxy groups -OCH3 is 1. The maximum Gasteiger partial charge on any atom is 0.225 e.